The van der Waals surface area contributed by atoms with Gasteiger partial charge in [0.05, 0.1) is 13.0 Å². The van der Waals surface area contributed by atoms with Crippen molar-refractivity contribution >= 4 is 45.5 Å². The number of amides is 2. The number of rotatable bonds is 8. The van der Waals surface area contributed by atoms with Gasteiger partial charge in [0, 0.05) is 16.9 Å². The van der Waals surface area contributed by atoms with Crippen molar-refractivity contribution < 1.29 is 9.59 Å². The van der Waals surface area contributed by atoms with Gasteiger partial charge in [0.1, 0.15) is 10.7 Å². The second-order valence-electron chi connectivity index (χ2n) is 7.50. The molecule has 1 heterocycles. The lowest BCUT2D eigenvalue weighted by molar-refractivity contribution is -0.131. The summed E-state index contributed by atoms with van der Waals surface area (Å²) < 4.78 is 0. The molecule has 0 bridgehead atoms. The third kappa shape index (κ3) is 5.33. The zero-order valence-corrected chi connectivity index (χ0v) is 18.9. The zero-order valence-electron chi connectivity index (χ0n) is 17.3. The molecule has 0 aliphatic carbocycles. The smallest absolute Gasteiger partial charge is 0.268 e. The number of aromatic nitrogens is 1. The lowest BCUT2D eigenvalue weighted by atomic mass is 10.0. The minimum absolute atomic E-state index is 0.000735. The van der Waals surface area contributed by atoms with E-state index in [-0.39, 0.29) is 18.0 Å². The predicted molar refractivity (Wildman–Crippen MR) is 129 cm³/mol. The highest BCUT2D eigenvalue weighted by molar-refractivity contribution is 7.09. The van der Waals surface area contributed by atoms with Crippen LogP contribution in [0.5, 0.6) is 0 Å². The fourth-order valence-electron chi connectivity index (χ4n) is 3.63. The number of benzene rings is 3. The van der Waals surface area contributed by atoms with E-state index in [0.717, 1.165) is 21.9 Å². The fourth-order valence-corrected chi connectivity index (χ4v) is 4.64. The van der Waals surface area contributed by atoms with E-state index in [1.54, 1.807) is 10.3 Å². The van der Waals surface area contributed by atoms with Crippen molar-refractivity contribution in [3.63, 3.8) is 0 Å². The van der Waals surface area contributed by atoms with Crippen molar-refractivity contribution in [2.45, 2.75) is 19.4 Å². The summed E-state index contributed by atoms with van der Waals surface area (Å²) in [5, 5.41) is 5.15. The van der Waals surface area contributed by atoms with Crippen molar-refractivity contribution in [2.75, 3.05) is 6.54 Å². The molecule has 2 amide bonds. The van der Waals surface area contributed by atoms with E-state index >= 15 is 0 Å². The predicted octanol–water partition coefficient (Wildman–Crippen LogP) is 4.86. The fraction of sp³-hybridized carbons (Fsp3) is 0.160. The largest absolute Gasteiger partial charge is 0.364 e. The molecule has 0 unspecified atom stereocenters. The molecule has 162 valence electrons. The number of fused-ring (bicyclic) bond motifs is 1. The Morgan fingerprint density at radius 2 is 1.81 bits per heavy atom. The minimum Gasteiger partial charge on any atom is -0.364 e. The van der Waals surface area contributed by atoms with Gasteiger partial charge in [-0.3, -0.25) is 9.59 Å². The lowest BCUT2D eigenvalue weighted by Crippen LogP contribution is -2.33. The third-order valence-corrected chi connectivity index (χ3v) is 6.33. The van der Waals surface area contributed by atoms with Gasteiger partial charge < -0.3 is 10.6 Å². The zero-order chi connectivity index (χ0) is 22.5. The average Bonchev–Trinajstić information content (AvgIpc) is 3.26. The summed E-state index contributed by atoms with van der Waals surface area (Å²) in [6, 6.07) is 21.7. The van der Waals surface area contributed by atoms with Gasteiger partial charge in [-0.05, 0) is 40.5 Å². The first-order valence-corrected chi connectivity index (χ1v) is 11.5. The van der Waals surface area contributed by atoms with Crippen LogP contribution in [0.25, 0.3) is 10.8 Å². The molecular formula is C25H22ClN3O2S. The first-order valence-electron chi connectivity index (χ1n) is 10.2. The summed E-state index contributed by atoms with van der Waals surface area (Å²) in [7, 11) is 0. The Morgan fingerprint density at radius 3 is 2.59 bits per heavy atom. The molecule has 7 heteroatoms. The number of primary amides is 1. The molecule has 0 aliphatic heterocycles. The Labute approximate surface area is 195 Å². The summed E-state index contributed by atoms with van der Waals surface area (Å²) in [6.07, 6.45) is 0.945. The highest BCUT2D eigenvalue weighted by Gasteiger charge is 2.18. The van der Waals surface area contributed by atoms with Gasteiger partial charge >= 0.3 is 0 Å². The summed E-state index contributed by atoms with van der Waals surface area (Å²) >= 11 is 7.44. The maximum absolute atomic E-state index is 13.4. The summed E-state index contributed by atoms with van der Waals surface area (Å²) in [5.74, 6) is -0.570. The van der Waals surface area contributed by atoms with Gasteiger partial charge in [-0.1, -0.05) is 66.2 Å². The number of nitrogens with two attached hydrogens (primary N) is 1. The summed E-state index contributed by atoms with van der Waals surface area (Å²) in [4.78, 5) is 30.9. The monoisotopic (exact) mass is 463 g/mol. The van der Waals surface area contributed by atoms with Crippen LogP contribution in [-0.2, 0) is 24.2 Å². The Morgan fingerprint density at radius 1 is 1.03 bits per heavy atom. The quantitative estimate of drug-likeness (QED) is 0.405. The highest BCUT2D eigenvalue weighted by Crippen LogP contribution is 2.21. The molecule has 32 heavy (non-hydrogen) atoms. The number of halogens is 1. The number of thiazole rings is 1. The van der Waals surface area contributed by atoms with Crippen LogP contribution in [0.1, 0.15) is 26.6 Å². The second-order valence-corrected chi connectivity index (χ2v) is 8.88. The number of hydrogen-bond donors (Lipinski definition) is 1. The van der Waals surface area contributed by atoms with Gasteiger partial charge in [0.15, 0.2) is 0 Å². The number of carbonyl (C=O) groups excluding carboxylic acids is 2. The topological polar surface area (TPSA) is 76.3 Å². The first kappa shape index (κ1) is 22.0. The van der Waals surface area contributed by atoms with Crippen LogP contribution in [0.4, 0.5) is 0 Å². The van der Waals surface area contributed by atoms with Crippen molar-refractivity contribution in [3.05, 3.63) is 99.0 Å². The molecule has 5 nitrogen and oxygen atoms in total. The van der Waals surface area contributed by atoms with Gasteiger partial charge in [-0.15, -0.1) is 11.3 Å². The van der Waals surface area contributed by atoms with E-state index in [9.17, 15) is 9.59 Å². The SMILES string of the molecule is NC(=O)c1csc(CN(CCc2cccc(Cl)c2)C(=O)Cc2cccc3ccccc23)n1. The van der Waals surface area contributed by atoms with Gasteiger partial charge in [0.25, 0.3) is 5.91 Å². The van der Waals surface area contributed by atoms with Crippen LogP contribution in [-0.4, -0.2) is 28.2 Å². The Bertz CT molecular complexity index is 1270. The second kappa shape index (κ2) is 9.94. The van der Waals surface area contributed by atoms with Crippen LogP contribution < -0.4 is 5.73 Å². The van der Waals surface area contributed by atoms with E-state index in [1.807, 2.05) is 66.7 Å². The van der Waals surface area contributed by atoms with E-state index in [1.165, 1.54) is 11.3 Å². The molecule has 0 atom stereocenters. The maximum Gasteiger partial charge on any atom is 0.268 e. The number of nitrogens with zero attached hydrogens (tertiary/aromatic N) is 2. The molecule has 1 aromatic heterocycles. The summed E-state index contributed by atoms with van der Waals surface area (Å²) in [5.41, 5.74) is 7.59. The Hall–Kier alpha value is -3.22. The van der Waals surface area contributed by atoms with Crippen LogP contribution in [0.15, 0.2) is 72.1 Å². The first-order chi connectivity index (χ1) is 15.5. The van der Waals surface area contributed by atoms with Crippen LogP contribution in [0.3, 0.4) is 0 Å². The van der Waals surface area contributed by atoms with Crippen molar-refractivity contribution in [3.8, 4) is 0 Å². The number of carbonyl (C=O) groups is 2. The van der Waals surface area contributed by atoms with Crippen molar-refractivity contribution in [2.24, 2.45) is 5.73 Å². The van der Waals surface area contributed by atoms with Gasteiger partial charge in [-0.2, -0.15) is 0 Å². The van der Waals surface area contributed by atoms with Crippen LogP contribution in [0, 0.1) is 0 Å². The van der Waals surface area contributed by atoms with E-state index < -0.39 is 5.91 Å². The lowest BCUT2D eigenvalue weighted by Gasteiger charge is -2.22. The standard InChI is InChI=1S/C25H22ClN3O2S/c26-20-9-3-5-17(13-20)11-12-29(15-23-28-22(16-32-23)25(27)31)24(30)14-19-8-4-7-18-6-1-2-10-21(18)19/h1-10,13,16H,11-12,14-15H2,(H2,27,31). The highest BCUT2D eigenvalue weighted by atomic mass is 35.5. The molecule has 0 radical (unpaired) electrons. The molecule has 0 saturated heterocycles. The third-order valence-electron chi connectivity index (χ3n) is 5.26. The van der Waals surface area contributed by atoms with E-state index in [0.29, 0.717) is 29.5 Å². The van der Waals surface area contributed by atoms with E-state index in [4.69, 9.17) is 17.3 Å². The number of hydrogen-bond acceptors (Lipinski definition) is 4. The molecule has 0 saturated carbocycles. The molecule has 0 aliphatic rings. The molecule has 2 N–H and O–H groups in total. The molecule has 0 fully saturated rings. The van der Waals surface area contributed by atoms with Gasteiger partial charge in [0.2, 0.25) is 5.91 Å². The summed E-state index contributed by atoms with van der Waals surface area (Å²) in [6.45, 7) is 0.831. The van der Waals surface area contributed by atoms with Crippen LogP contribution in [0.2, 0.25) is 5.02 Å². The normalized spacial score (nSPS) is 10.9. The van der Waals surface area contributed by atoms with Gasteiger partial charge in [-0.25, -0.2) is 4.98 Å². The van der Waals surface area contributed by atoms with Crippen molar-refractivity contribution in [1.82, 2.24) is 9.88 Å². The minimum atomic E-state index is -0.569. The van der Waals surface area contributed by atoms with Crippen LogP contribution >= 0.6 is 22.9 Å². The van der Waals surface area contributed by atoms with Crippen molar-refractivity contribution in [1.29, 1.82) is 0 Å². The Balaban J connectivity index is 1.56. The molecule has 0 spiro atoms. The molecule has 4 aromatic rings. The molecule has 3 aromatic carbocycles. The Kier molecular flexibility index (Phi) is 6.83. The van der Waals surface area contributed by atoms with E-state index in [2.05, 4.69) is 4.98 Å². The average molecular weight is 464 g/mol. The maximum atomic E-state index is 13.4. The molecular weight excluding hydrogens is 442 g/mol. The molecule has 4 rings (SSSR count).